The molecule has 2 rings (SSSR count). The molecule has 2 atom stereocenters. The number of piperidine rings is 1. The Labute approximate surface area is 121 Å². The van der Waals surface area contributed by atoms with E-state index in [9.17, 15) is 5.11 Å². The van der Waals surface area contributed by atoms with Crippen molar-refractivity contribution in [2.24, 2.45) is 0 Å². The first kappa shape index (κ1) is 15.3. The van der Waals surface area contributed by atoms with Crippen LogP contribution in [-0.2, 0) is 4.74 Å². The molecule has 0 aliphatic carbocycles. The third kappa shape index (κ3) is 4.78. The molecule has 1 aromatic rings. The third-order valence-electron chi connectivity index (χ3n) is 3.78. The fourth-order valence-electron chi connectivity index (χ4n) is 2.54. The minimum absolute atomic E-state index is 0.333. The van der Waals surface area contributed by atoms with Crippen molar-refractivity contribution in [3.8, 4) is 5.75 Å². The van der Waals surface area contributed by atoms with Gasteiger partial charge in [0.2, 0.25) is 0 Å². The lowest BCUT2D eigenvalue weighted by Crippen LogP contribution is -2.34. The zero-order valence-electron chi connectivity index (χ0n) is 12.2. The van der Waals surface area contributed by atoms with E-state index >= 15 is 0 Å². The van der Waals surface area contributed by atoms with E-state index in [0.29, 0.717) is 19.3 Å². The predicted octanol–water partition coefficient (Wildman–Crippen LogP) is 2.28. The monoisotopic (exact) mass is 279 g/mol. The Morgan fingerprint density at radius 1 is 1.40 bits per heavy atom. The molecule has 0 radical (unpaired) electrons. The van der Waals surface area contributed by atoms with Crippen LogP contribution in [0.2, 0.25) is 0 Å². The molecule has 0 bridgehead atoms. The highest BCUT2D eigenvalue weighted by Gasteiger charge is 2.13. The van der Waals surface area contributed by atoms with Gasteiger partial charge in [-0.2, -0.15) is 0 Å². The van der Waals surface area contributed by atoms with E-state index in [2.05, 4.69) is 5.32 Å². The van der Waals surface area contributed by atoms with E-state index in [1.165, 1.54) is 19.3 Å². The van der Waals surface area contributed by atoms with Crippen LogP contribution in [0.4, 0.5) is 0 Å². The maximum absolute atomic E-state index is 10.1. The summed E-state index contributed by atoms with van der Waals surface area (Å²) in [5, 5.41) is 13.6. The van der Waals surface area contributed by atoms with Crippen molar-refractivity contribution in [2.75, 3.05) is 26.9 Å². The number of ether oxygens (including phenoxy) is 2. The van der Waals surface area contributed by atoms with Crippen molar-refractivity contribution in [2.45, 2.75) is 37.8 Å². The average Bonchev–Trinajstić information content (AvgIpc) is 2.52. The van der Waals surface area contributed by atoms with Crippen molar-refractivity contribution in [1.82, 2.24) is 5.32 Å². The number of hydrogen-bond donors (Lipinski definition) is 2. The summed E-state index contributed by atoms with van der Waals surface area (Å²) >= 11 is 0. The Morgan fingerprint density at radius 2 is 2.30 bits per heavy atom. The van der Waals surface area contributed by atoms with Crippen molar-refractivity contribution in [3.63, 3.8) is 0 Å². The summed E-state index contributed by atoms with van der Waals surface area (Å²) in [6, 6.07) is 8.06. The van der Waals surface area contributed by atoms with Gasteiger partial charge in [0, 0.05) is 12.6 Å². The van der Waals surface area contributed by atoms with Crippen LogP contribution in [-0.4, -0.2) is 38.0 Å². The average molecular weight is 279 g/mol. The SMILES string of the molecule is COc1cccc(C(O)COCCC2CCCCN2)c1. The first-order chi connectivity index (χ1) is 9.79. The molecule has 112 valence electrons. The molecular weight excluding hydrogens is 254 g/mol. The molecule has 20 heavy (non-hydrogen) atoms. The van der Waals surface area contributed by atoms with Crippen LogP contribution >= 0.6 is 0 Å². The predicted molar refractivity (Wildman–Crippen MR) is 79.0 cm³/mol. The van der Waals surface area contributed by atoms with Crippen LogP contribution in [0.15, 0.2) is 24.3 Å². The number of nitrogens with one attached hydrogen (secondary N) is 1. The maximum Gasteiger partial charge on any atom is 0.119 e. The molecule has 1 heterocycles. The summed E-state index contributed by atoms with van der Waals surface area (Å²) < 4.78 is 10.7. The van der Waals surface area contributed by atoms with E-state index in [0.717, 1.165) is 24.3 Å². The molecule has 1 aliphatic rings. The van der Waals surface area contributed by atoms with E-state index in [1.807, 2.05) is 24.3 Å². The molecule has 1 saturated heterocycles. The van der Waals surface area contributed by atoms with Crippen molar-refractivity contribution in [1.29, 1.82) is 0 Å². The van der Waals surface area contributed by atoms with Gasteiger partial charge in [0.1, 0.15) is 11.9 Å². The van der Waals surface area contributed by atoms with Crippen molar-refractivity contribution >= 4 is 0 Å². The summed E-state index contributed by atoms with van der Waals surface area (Å²) in [5.74, 6) is 0.757. The van der Waals surface area contributed by atoms with Crippen LogP contribution in [0.3, 0.4) is 0 Å². The second-order valence-electron chi connectivity index (χ2n) is 5.30. The Balaban J connectivity index is 1.67. The quantitative estimate of drug-likeness (QED) is 0.752. The fraction of sp³-hybridized carbons (Fsp3) is 0.625. The molecule has 0 spiro atoms. The molecule has 0 saturated carbocycles. The van der Waals surface area contributed by atoms with Gasteiger partial charge in [-0.25, -0.2) is 0 Å². The molecule has 0 amide bonds. The van der Waals surface area contributed by atoms with Gasteiger partial charge in [-0.05, 0) is 43.5 Å². The van der Waals surface area contributed by atoms with Crippen LogP contribution in [0.5, 0.6) is 5.75 Å². The molecular formula is C16H25NO3. The first-order valence-corrected chi connectivity index (χ1v) is 7.42. The van der Waals surface area contributed by atoms with Gasteiger partial charge in [0.15, 0.2) is 0 Å². The van der Waals surface area contributed by atoms with Gasteiger partial charge in [-0.1, -0.05) is 18.6 Å². The molecule has 1 aromatic carbocycles. The number of rotatable bonds is 7. The first-order valence-electron chi connectivity index (χ1n) is 7.42. The van der Waals surface area contributed by atoms with Gasteiger partial charge in [0.05, 0.1) is 13.7 Å². The number of aliphatic hydroxyl groups excluding tert-OH is 1. The van der Waals surface area contributed by atoms with Crippen molar-refractivity contribution < 1.29 is 14.6 Å². The number of methoxy groups -OCH3 is 1. The van der Waals surface area contributed by atoms with Gasteiger partial charge < -0.3 is 19.9 Å². The number of hydrogen-bond acceptors (Lipinski definition) is 4. The van der Waals surface area contributed by atoms with Gasteiger partial charge in [-0.15, -0.1) is 0 Å². The van der Waals surface area contributed by atoms with Gasteiger partial charge in [-0.3, -0.25) is 0 Å². The zero-order chi connectivity index (χ0) is 14.2. The maximum atomic E-state index is 10.1. The molecule has 2 N–H and O–H groups in total. The number of aliphatic hydroxyl groups is 1. The summed E-state index contributed by atoms with van der Waals surface area (Å²) in [6.07, 6.45) is 4.26. The zero-order valence-corrected chi connectivity index (χ0v) is 12.2. The van der Waals surface area contributed by atoms with Gasteiger partial charge in [0.25, 0.3) is 0 Å². The standard InChI is InChI=1S/C16H25NO3/c1-19-15-7-4-5-13(11-15)16(18)12-20-10-8-14-6-2-3-9-17-14/h4-5,7,11,14,16-18H,2-3,6,8-10,12H2,1H3. The molecule has 4 heteroatoms. The smallest absolute Gasteiger partial charge is 0.119 e. The highest BCUT2D eigenvalue weighted by Crippen LogP contribution is 2.19. The number of benzene rings is 1. The Kier molecular flexibility index (Phi) is 6.30. The summed E-state index contributed by atoms with van der Waals surface area (Å²) in [4.78, 5) is 0. The summed E-state index contributed by atoms with van der Waals surface area (Å²) in [7, 11) is 1.62. The van der Waals surface area contributed by atoms with E-state index in [-0.39, 0.29) is 0 Å². The normalized spacial score (nSPS) is 20.6. The Bertz CT molecular complexity index is 391. The molecule has 1 fully saturated rings. The topological polar surface area (TPSA) is 50.7 Å². The fourth-order valence-corrected chi connectivity index (χ4v) is 2.54. The summed E-state index contributed by atoms with van der Waals surface area (Å²) in [6.45, 7) is 2.15. The lowest BCUT2D eigenvalue weighted by atomic mass is 10.0. The van der Waals surface area contributed by atoms with Crippen LogP contribution in [0.25, 0.3) is 0 Å². The van der Waals surface area contributed by atoms with Gasteiger partial charge >= 0.3 is 0 Å². The lowest BCUT2D eigenvalue weighted by Gasteiger charge is -2.23. The molecule has 1 aliphatic heterocycles. The highest BCUT2D eigenvalue weighted by atomic mass is 16.5. The Hall–Kier alpha value is -1.10. The molecule has 4 nitrogen and oxygen atoms in total. The molecule has 0 aromatic heterocycles. The summed E-state index contributed by atoms with van der Waals surface area (Å²) in [5.41, 5.74) is 0.833. The minimum atomic E-state index is -0.593. The molecule has 2 unspecified atom stereocenters. The van der Waals surface area contributed by atoms with Crippen LogP contribution in [0, 0.1) is 0 Å². The van der Waals surface area contributed by atoms with Crippen LogP contribution < -0.4 is 10.1 Å². The lowest BCUT2D eigenvalue weighted by molar-refractivity contribution is 0.0314. The minimum Gasteiger partial charge on any atom is -0.497 e. The van der Waals surface area contributed by atoms with E-state index in [4.69, 9.17) is 9.47 Å². The second kappa shape index (κ2) is 8.25. The van der Waals surface area contributed by atoms with E-state index < -0.39 is 6.10 Å². The van der Waals surface area contributed by atoms with E-state index in [1.54, 1.807) is 7.11 Å². The van der Waals surface area contributed by atoms with Crippen molar-refractivity contribution in [3.05, 3.63) is 29.8 Å². The highest BCUT2D eigenvalue weighted by molar-refractivity contribution is 5.29. The Morgan fingerprint density at radius 3 is 3.05 bits per heavy atom. The largest absolute Gasteiger partial charge is 0.497 e. The van der Waals surface area contributed by atoms with Crippen LogP contribution in [0.1, 0.15) is 37.4 Å². The third-order valence-corrected chi connectivity index (χ3v) is 3.78. The second-order valence-corrected chi connectivity index (χ2v) is 5.30.